The normalized spacial score (nSPS) is 11.7. The van der Waals surface area contributed by atoms with Gasteiger partial charge in [0.1, 0.15) is 6.04 Å². The van der Waals surface area contributed by atoms with Crippen molar-refractivity contribution in [1.29, 1.82) is 0 Å². The van der Waals surface area contributed by atoms with Gasteiger partial charge in [-0.2, -0.15) is 5.10 Å². The summed E-state index contributed by atoms with van der Waals surface area (Å²) in [6.07, 6.45) is 1.86. The molecule has 0 spiro atoms. The van der Waals surface area contributed by atoms with Crippen LogP contribution in [0.25, 0.3) is 0 Å². The smallest absolute Gasteiger partial charge is 0.343 e. The lowest BCUT2D eigenvalue weighted by molar-refractivity contribution is -0.142. The fraction of sp³-hybridized carbons (Fsp3) is 0.333. The van der Waals surface area contributed by atoms with Crippen molar-refractivity contribution < 1.29 is 28.6 Å². The summed E-state index contributed by atoms with van der Waals surface area (Å²) in [4.78, 5) is 36.5. The maximum atomic E-state index is 12.7. The number of methoxy groups -OCH3 is 2. The number of hydrogen-bond donors (Lipinski definition) is 2. The zero-order valence-corrected chi connectivity index (χ0v) is 20.2. The molecule has 0 bridgehead atoms. The summed E-state index contributed by atoms with van der Waals surface area (Å²) >= 11 is 5.87. The Morgan fingerprint density at radius 2 is 1.76 bits per heavy atom. The first-order valence-corrected chi connectivity index (χ1v) is 10.9. The van der Waals surface area contributed by atoms with Crippen molar-refractivity contribution >= 4 is 35.6 Å². The Kier molecular flexibility index (Phi) is 10.3. The van der Waals surface area contributed by atoms with Crippen LogP contribution in [0.4, 0.5) is 0 Å². The Morgan fingerprint density at radius 1 is 1.06 bits per heavy atom. The molecule has 2 aromatic carbocycles. The quantitative estimate of drug-likeness (QED) is 0.284. The number of hydrazone groups is 1. The molecule has 0 aliphatic rings. The van der Waals surface area contributed by atoms with Gasteiger partial charge in [0, 0.05) is 10.6 Å². The lowest BCUT2D eigenvalue weighted by Gasteiger charge is -2.19. The van der Waals surface area contributed by atoms with Gasteiger partial charge in [-0.3, -0.25) is 9.59 Å². The Labute approximate surface area is 203 Å². The van der Waals surface area contributed by atoms with Crippen LogP contribution < -0.4 is 20.2 Å². The minimum absolute atomic E-state index is 0.159. The first kappa shape index (κ1) is 26.7. The van der Waals surface area contributed by atoms with Crippen LogP contribution in [0.5, 0.6) is 11.5 Å². The van der Waals surface area contributed by atoms with Gasteiger partial charge in [0.05, 0.1) is 20.4 Å². The molecule has 2 amide bonds. The number of carbonyl (C=O) groups is 3. The monoisotopic (exact) mass is 489 g/mol. The van der Waals surface area contributed by atoms with Gasteiger partial charge in [-0.15, -0.1) is 0 Å². The Bertz CT molecular complexity index is 1020. The molecule has 2 rings (SSSR count). The number of hydrogen-bond acceptors (Lipinski definition) is 7. The van der Waals surface area contributed by atoms with E-state index in [9.17, 15) is 14.4 Å². The Hall–Kier alpha value is -3.59. The van der Waals surface area contributed by atoms with Crippen LogP contribution in [0.2, 0.25) is 5.02 Å². The highest BCUT2D eigenvalue weighted by Gasteiger charge is 2.22. The summed E-state index contributed by atoms with van der Waals surface area (Å²) in [5, 5.41) is 7.25. The molecule has 10 heteroatoms. The average Bonchev–Trinajstić information content (AvgIpc) is 2.82. The standard InChI is InChI=1S/C24H28ClN3O6/c1-15(2)11-19(27-23(30)17-6-8-18(25)9-7-17)24(31)28-26-13-16-5-10-20(21(12-16)32-3)34-14-22(29)33-4/h5-10,12-13,15,19H,11,14H2,1-4H3,(H,27,30)(H,28,31)/b26-13+. The molecule has 1 unspecified atom stereocenters. The van der Waals surface area contributed by atoms with E-state index in [0.717, 1.165) is 0 Å². The molecular weight excluding hydrogens is 462 g/mol. The molecule has 0 aromatic heterocycles. The fourth-order valence-electron chi connectivity index (χ4n) is 2.87. The third-order valence-electron chi connectivity index (χ3n) is 4.58. The van der Waals surface area contributed by atoms with Crippen LogP contribution in [-0.2, 0) is 14.3 Å². The van der Waals surface area contributed by atoms with Crippen LogP contribution in [-0.4, -0.2) is 50.9 Å². The van der Waals surface area contributed by atoms with Crippen LogP contribution in [0.15, 0.2) is 47.6 Å². The van der Waals surface area contributed by atoms with Crippen molar-refractivity contribution in [1.82, 2.24) is 10.7 Å². The molecule has 0 aliphatic carbocycles. The van der Waals surface area contributed by atoms with Crippen LogP contribution in [0.1, 0.15) is 36.2 Å². The number of benzene rings is 2. The number of carbonyl (C=O) groups excluding carboxylic acids is 3. The fourth-order valence-corrected chi connectivity index (χ4v) is 3.00. The number of amides is 2. The van der Waals surface area contributed by atoms with Gasteiger partial charge in [0.25, 0.3) is 11.8 Å². The van der Waals surface area contributed by atoms with Crippen molar-refractivity contribution in [2.75, 3.05) is 20.8 Å². The second kappa shape index (κ2) is 13.2. The molecular formula is C24H28ClN3O6. The highest BCUT2D eigenvalue weighted by Crippen LogP contribution is 2.27. The number of nitrogens with zero attached hydrogens (tertiary/aromatic N) is 1. The molecule has 0 saturated heterocycles. The average molecular weight is 490 g/mol. The topological polar surface area (TPSA) is 115 Å². The van der Waals surface area contributed by atoms with Crippen molar-refractivity contribution in [2.24, 2.45) is 11.0 Å². The van der Waals surface area contributed by atoms with Gasteiger partial charge in [-0.25, -0.2) is 10.2 Å². The van der Waals surface area contributed by atoms with Crippen molar-refractivity contribution in [3.63, 3.8) is 0 Å². The predicted molar refractivity (Wildman–Crippen MR) is 128 cm³/mol. The number of nitrogens with one attached hydrogen (secondary N) is 2. The third kappa shape index (κ3) is 8.40. The molecule has 2 N–H and O–H groups in total. The van der Waals surface area contributed by atoms with E-state index in [1.165, 1.54) is 20.4 Å². The molecule has 2 aromatic rings. The van der Waals surface area contributed by atoms with Gasteiger partial charge >= 0.3 is 5.97 Å². The van der Waals surface area contributed by atoms with E-state index in [-0.39, 0.29) is 18.4 Å². The maximum Gasteiger partial charge on any atom is 0.343 e. The van der Waals surface area contributed by atoms with Crippen molar-refractivity contribution in [3.8, 4) is 11.5 Å². The largest absolute Gasteiger partial charge is 0.493 e. The summed E-state index contributed by atoms with van der Waals surface area (Å²) in [5.41, 5.74) is 3.48. The summed E-state index contributed by atoms with van der Waals surface area (Å²) in [6, 6.07) is 10.5. The second-order valence-electron chi connectivity index (χ2n) is 7.67. The number of esters is 1. The molecule has 0 fully saturated rings. The third-order valence-corrected chi connectivity index (χ3v) is 4.84. The summed E-state index contributed by atoms with van der Waals surface area (Å²) in [5.74, 6) is -0.448. The van der Waals surface area contributed by atoms with Crippen LogP contribution in [0.3, 0.4) is 0 Å². The molecule has 34 heavy (non-hydrogen) atoms. The summed E-state index contributed by atoms with van der Waals surface area (Å²) < 4.78 is 15.2. The molecule has 0 heterocycles. The van der Waals surface area contributed by atoms with E-state index in [1.54, 1.807) is 42.5 Å². The summed E-state index contributed by atoms with van der Waals surface area (Å²) in [6.45, 7) is 3.65. The number of halogens is 1. The highest BCUT2D eigenvalue weighted by atomic mass is 35.5. The van der Waals surface area contributed by atoms with Crippen molar-refractivity contribution in [2.45, 2.75) is 26.3 Å². The van der Waals surface area contributed by atoms with Crippen LogP contribution in [0, 0.1) is 5.92 Å². The van der Waals surface area contributed by atoms with E-state index in [2.05, 4.69) is 20.6 Å². The van der Waals surface area contributed by atoms with E-state index in [4.69, 9.17) is 21.1 Å². The first-order chi connectivity index (χ1) is 16.2. The lowest BCUT2D eigenvalue weighted by Crippen LogP contribution is -2.46. The van der Waals surface area contributed by atoms with E-state index < -0.39 is 17.9 Å². The Balaban J connectivity index is 2.03. The van der Waals surface area contributed by atoms with Gasteiger partial charge < -0.3 is 19.5 Å². The predicted octanol–water partition coefficient (Wildman–Crippen LogP) is 3.20. The minimum atomic E-state index is -0.774. The SMILES string of the molecule is COC(=O)COc1ccc(/C=N/NC(=O)C(CC(C)C)NC(=O)c2ccc(Cl)cc2)cc1OC. The Morgan fingerprint density at radius 3 is 2.38 bits per heavy atom. The molecule has 9 nitrogen and oxygen atoms in total. The molecule has 1 atom stereocenters. The molecule has 182 valence electrons. The number of rotatable bonds is 11. The number of ether oxygens (including phenoxy) is 3. The van der Waals surface area contributed by atoms with E-state index in [0.29, 0.717) is 34.1 Å². The van der Waals surface area contributed by atoms with Crippen LogP contribution >= 0.6 is 11.6 Å². The maximum absolute atomic E-state index is 12.7. The lowest BCUT2D eigenvalue weighted by atomic mass is 10.0. The zero-order valence-electron chi connectivity index (χ0n) is 19.5. The zero-order chi connectivity index (χ0) is 25.1. The van der Waals surface area contributed by atoms with Gasteiger partial charge in [0.2, 0.25) is 0 Å². The van der Waals surface area contributed by atoms with Gasteiger partial charge in [-0.1, -0.05) is 25.4 Å². The van der Waals surface area contributed by atoms with E-state index >= 15 is 0 Å². The van der Waals surface area contributed by atoms with Gasteiger partial charge in [-0.05, 0) is 60.4 Å². The second-order valence-corrected chi connectivity index (χ2v) is 8.11. The first-order valence-electron chi connectivity index (χ1n) is 10.5. The van der Waals surface area contributed by atoms with Crippen molar-refractivity contribution in [3.05, 3.63) is 58.6 Å². The van der Waals surface area contributed by atoms with Gasteiger partial charge in [0.15, 0.2) is 18.1 Å². The molecule has 0 saturated carbocycles. The minimum Gasteiger partial charge on any atom is -0.493 e. The molecule has 0 radical (unpaired) electrons. The molecule has 0 aliphatic heterocycles. The summed E-state index contributed by atoms with van der Waals surface area (Å²) in [7, 11) is 2.73. The van der Waals surface area contributed by atoms with E-state index in [1.807, 2.05) is 13.8 Å². The highest BCUT2D eigenvalue weighted by molar-refractivity contribution is 6.30.